The van der Waals surface area contributed by atoms with Gasteiger partial charge in [-0.3, -0.25) is 0 Å². The summed E-state index contributed by atoms with van der Waals surface area (Å²) in [4.78, 5) is 3.61. The Labute approximate surface area is 87.5 Å². The summed E-state index contributed by atoms with van der Waals surface area (Å²) in [5.41, 5.74) is 0.370. The molecule has 0 unspecified atom stereocenters. The third kappa shape index (κ3) is 1.85. The van der Waals surface area contributed by atoms with E-state index in [1.54, 1.807) is 6.07 Å². The Hall–Kier alpha value is -1.43. The largest absolute Gasteiger partial charge is 0.310 e. The van der Waals surface area contributed by atoms with E-state index in [9.17, 15) is 8.78 Å². The normalized spacial score (nSPS) is 17.9. The molecule has 1 aliphatic carbocycles. The van der Waals surface area contributed by atoms with E-state index in [0.717, 1.165) is 25.3 Å². The number of halogens is 2. The van der Waals surface area contributed by atoms with Crippen molar-refractivity contribution in [2.24, 2.45) is 0 Å². The average Bonchev–Trinajstić information content (AvgIpc) is 2.17. The summed E-state index contributed by atoms with van der Waals surface area (Å²) in [7, 11) is 0. The molecule has 2 rings (SSSR count). The van der Waals surface area contributed by atoms with Crippen LogP contribution in [0, 0.1) is 18.2 Å². The van der Waals surface area contributed by atoms with Crippen LogP contribution in [-0.4, -0.2) is 5.54 Å². The molecule has 0 spiro atoms. The van der Waals surface area contributed by atoms with Crippen LogP contribution >= 0.6 is 0 Å². The first kappa shape index (κ1) is 10.1. The van der Waals surface area contributed by atoms with Crippen molar-refractivity contribution in [2.75, 3.05) is 0 Å². The molecule has 1 fully saturated rings. The Morgan fingerprint density at radius 3 is 2.47 bits per heavy atom. The lowest BCUT2D eigenvalue weighted by Gasteiger charge is -2.29. The van der Waals surface area contributed by atoms with E-state index in [0.29, 0.717) is 12.0 Å². The van der Waals surface area contributed by atoms with Crippen LogP contribution < -0.4 is 0 Å². The number of benzene rings is 1. The van der Waals surface area contributed by atoms with Crippen LogP contribution in [0.4, 0.5) is 8.78 Å². The lowest BCUT2D eigenvalue weighted by molar-refractivity contribution is 0.300. The summed E-state index contributed by atoms with van der Waals surface area (Å²) in [5, 5.41) is 0. The molecule has 0 aromatic heterocycles. The maximum atomic E-state index is 12.9. The first-order chi connectivity index (χ1) is 7.15. The Balaban J connectivity index is 2.18. The van der Waals surface area contributed by atoms with Gasteiger partial charge in [-0.25, -0.2) is 15.4 Å². The summed E-state index contributed by atoms with van der Waals surface area (Å²) in [6, 6.07) is 3.88. The summed E-state index contributed by atoms with van der Waals surface area (Å²) in [6.45, 7) is 7.11. The van der Waals surface area contributed by atoms with E-state index in [1.807, 2.05) is 0 Å². The number of nitrogens with zero attached hydrogens (tertiary/aromatic N) is 1. The molecular weight excluding hydrogens is 196 g/mol. The molecule has 0 saturated heterocycles. The van der Waals surface area contributed by atoms with Crippen LogP contribution in [0.15, 0.2) is 18.2 Å². The predicted molar refractivity (Wildman–Crippen MR) is 53.2 cm³/mol. The average molecular weight is 207 g/mol. The first-order valence-electron chi connectivity index (χ1n) is 4.98. The van der Waals surface area contributed by atoms with E-state index < -0.39 is 11.6 Å². The molecule has 0 heterocycles. The van der Waals surface area contributed by atoms with Crippen molar-refractivity contribution >= 4 is 0 Å². The van der Waals surface area contributed by atoms with Gasteiger partial charge in [0.2, 0.25) is 5.54 Å². The van der Waals surface area contributed by atoms with Gasteiger partial charge in [-0.05, 0) is 24.1 Å². The van der Waals surface area contributed by atoms with E-state index >= 15 is 0 Å². The standard InChI is InChI=1S/C12H11F2N/c1-15-12(5-2-6-12)8-9-3-4-10(13)11(14)7-9/h3-4,7H,2,5-6,8H2. The van der Waals surface area contributed by atoms with E-state index in [-0.39, 0.29) is 5.54 Å². The second-order valence-corrected chi connectivity index (χ2v) is 4.11. The Kier molecular flexibility index (Phi) is 2.44. The molecule has 0 bridgehead atoms. The van der Waals surface area contributed by atoms with E-state index in [2.05, 4.69) is 4.85 Å². The highest BCUT2D eigenvalue weighted by Crippen LogP contribution is 2.38. The zero-order valence-electron chi connectivity index (χ0n) is 8.26. The van der Waals surface area contributed by atoms with Crippen molar-refractivity contribution in [3.63, 3.8) is 0 Å². The van der Waals surface area contributed by atoms with E-state index in [4.69, 9.17) is 6.57 Å². The highest BCUT2D eigenvalue weighted by molar-refractivity contribution is 5.23. The minimum atomic E-state index is -0.829. The Morgan fingerprint density at radius 2 is 2.00 bits per heavy atom. The lowest BCUT2D eigenvalue weighted by Crippen LogP contribution is -2.35. The third-order valence-corrected chi connectivity index (χ3v) is 3.04. The van der Waals surface area contributed by atoms with E-state index in [1.165, 1.54) is 6.07 Å². The smallest absolute Gasteiger partial charge is 0.236 e. The van der Waals surface area contributed by atoms with Gasteiger partial charge in [0, 0.05) is 12.8 Å². The zero-order valence-corrected chi connectivity index (χ0v) is 8.26. The summed E-state index contributed by atoms with van der Waals surface area (Å²) >= 11 is 0. The summed E-state index contributed by atoms with van der Waals surface area (Å²) in [5.74, 6) is -1.66. The maximum absolute atomic E-state index is 12.9. The van der Waals surface area contributed by atoms with Crippen LogP contribution in [0.5, 0.6) is 0 Å². The maximum Gasteiger partial charge on any atom is 0.236 e. The topological polar surface area (TPSA) is 4.36 Å². The fraction of sp³-hybridized carbons (Fsp3) is 0.417. The van der Waals surface area contributed by atoms with Gasteiger partial charge in [0.25, 0.3) is 0 Å². The van der Waals surface area contributed by atoms with Gasteiger partial charge >= 0.3 is 0 Å². The van der Waals surface area contributed by atoms with Crippen molar-refractivity contribution in [1.29, 1.82) is 0 Å². The van der Waals surface area contributed by atoms with Crippen molar-refractivity contribution in [2.45, 2.75) is 31.2 Å². The molecule has 0 atom stereocenters. The monoisotopic (exact) mass is 207 g/mol. The van der Waals surface area contributed by atoms with Crippen LogP contribution in [0.1, 0.15) is 24.8 Å². The molecular formula is C12H11F2N. The molecule has 1 aromatic carbocycles. The van der Waals surface area contributed by atoms with Gasteiger partial charge in [-0.15, -0.1) is 0 Å². The molecule has 1 aliphatic rings. The number of hydrogen-bond donors (Lipinski definition) is 0. The van der Waals surface area contributed by atoms with Gasteiger partial charge in [0.15, 0.2) is 11.6 Å². The highest BCUT2D eigenvalue weighted by atomic mass is 19.2. The van der Waals surface area contributed by atoms with Gasteiger partial charge in [-0.1, -0.05) is 6.07 Å². The molecule has 1 saturated carbocycles. The fourth-order valence-electron chi connectivity index (χ4n) is 1.94. The molecule has 1 aromatic rings. The van der Waals surface area contributed by atoms with Crippen molar-refractivity contribution in [3.8, 4) is 0 Å². The molecule has 3 heteroatoms. The zero-order chi connectivity index (χ0) is 10.9. The molecule has 0 N–H and O–H groups in total. The molecule has 0 radical (unpaired) electrons. The van der Waals surface area contributed by atoms with Gasteiger partial charge in [0.05, 0.1) is 6.42 Å². The van der Waals surface area contributed by atoms with Gasteiger partial charge < -0.3 is 4.85 Å². The molecule has 1 nitrogen and oxygen atoms in total. The second kappa shape index (κ2) is 3.62. The van der Waals surface area contributed by atoms with Crippen molar-refractivity contribution < 1.29 is 8.78 Å². The quantitative estimate of drug-likeness (QED) is 0.655. The number of hydrogen-bond acceptors (Lipinski definition) is 0. The van der Waals surface area contributed by atoms with Crippen LogP contribution in [0.2, 0.25) is 0 Å². The predicted octanol–water partition coefficient (Wildman–Crippen LogP) is 3.35. The lowest BCUT2D eigenvalue weighted by atomic mass is 9.73. The minimum absolute atomic E-state index is 0.343. The highest BCUT2D eigenvalue weighted by Gasteiger charge is 2.43. The Bertz CT molecular complexity index is 416. The fourth-order valence-corrected chi connectivity index (χ4v) is 1.94. The first-order valence-corrected chi connectivity index (χ1v) is 4.98. The number of rotatable bonds is 2. The molecule has 0 amide bonds. The molecule has 15 heavy (non-hydrogen) atoms. The van der Waals surface area contributed by atoms with Crippen LogP contribution in [0.3, 0.4) is 0 Å². The van der Waals surface area contributed by atoms with Gasteiger partial charge in [-0.2, -0.15) is 0 Å². The molecule has 0 aliphatic heterocycles. The third-order valence-electron chi connectivity index (χ3n) is 3.04. The van der Waals surface area contributed by atoms with Gasteiger partial charge in [0.1, 0.15) is 0 Å². The van der Waals surface area contributed by atoms with Crippen molar-refractivity contribution in [3.05, 3.63) is 46.8 Å². The Morgan fingerprint density at radius 1 is 1.27 bits per heavy atom. The van der Waals surface area contributed by atoms with Crippen LogP contribution in [-0.2, 0) is 6.42 Å². The second-order valence-electron chi connectivity index (χ2n) is 4.11. The van der Waals surface area contributed by atoms with Crippen molar-refractivity contribution in [1.82, 2.24) is 0 Å². The minimum Gasteiger partial charge on any atom is -0.310 e. The molecule has 78 valence electrons. The summed E-state index contributed by atoms with van der Waals surface area (Å²) in [6.07, 6.45) is 3.34. The SMILES string of the molecule is [C-]#[N+]C1(Cc2ccc(F)c(F)c2)CCC1. The van der Waals surface area contributed by atoms with Crippen LogP contribution in [0.25, 0.3) is 4.85 Å². The summed E-state index contributed by atoms with van der Waals surface area (Å²) < 4.78 is 25.6.